The number of unbranched alkanes of at least 4 members (excludes halogenated alkanes) is 1. The lowest BCUT2D eigenvalue weighted by Gasteiger charge is -2.09. The van der Waals surface area contributed by atoms with Crippen LogP contribution in [-0.4, -0.2) is 12.5 Å². The van der Waals surface area contributed by atoms with Crippen molar-refractivity contribution < 1.29 is 4.79 Å². The first kappa shape index (κ1) is 12.8. The smallest absolute Gasteiger partial charge is 0.253 e. The Morgan fingerprint density at radius 1 is 1.50 bits per heavy atom. The molecule has 0 radical (unpaired) electrons. The molecular formula is C12H17ClN2O. The SMILES string of the molecule is CCCCNC(=O)c1cc(Cl)cc(C)c1N. The number of nitrogens with two attached hydrogens (primary N) is 1. The molecule has 0 spiro atoms. The molecule has 1 aromatic rings. The van der Waals surface area contributed by atoms with E-state index in [9.17, 15) is 4.79 Å². The van der Waals surface area contributed by atoms with Crippen molar-refractivity contribution in [2.45, 2.75) is 26.7 Å². The number of aryl methyl sites for hydroxylation is 1. The molecule has 1 rings (SSSR count). The zero-order valence-electron chi connectivity index (χ0n) is 9.64. The van der Waals surface area contributed by atoms with E-state index in [0.717, 1.165) is 18.4 Å². The second-order valence-electron chi connectivity index (χ2n) is 3.79. The molecule has 3 nitrogen and oxygen atoms in total. The van der Waals surface area contributed by atoms with Gasteiger partial charge < -0.3 is 11.1 Å². The first-order valence-corrected chi connectivity index (χ1v) is 5.78. The summed E-state index contributed by atoms with van der Waals surface area (Å²) in [5.41, 5.74) is 7.62. The van der Waals surface area contributed by atoms with Gasteiger partial charge in [0.2, 0.25) is 0 Å². The zero-order chi connectivity index (χ0) is 12.1. The standard InChI is InChI=1S/C12H17ClN2O/c1-3-4-5-15-12(16)10-7-9(13)6-8(2)11(10)14/h6-7H,3-5,14H2,1-2H3,(H,15,16). The van der Waals surface area contributed by atoms with Crippen LogP contribution in [0.15, 0.2) is 12.1 Å². The van der Waals surface area contributed by atoms with Crippen LogP contribution in [0.1, 0.15) is 35.7 Å². The van der Waals surface area contributed by atoms with Crippen molar-refractivity contribution in [3.05, 3.63) is 28.3 Å². The summed E-state index contributed by atoms with van der Waals surface area (Å²) in [6, 6.07) is 3.35. The van der Waals surface area contributed by atoms with E-state index in [1.54, 1.807) is 12.1 Å². The molecule has 0 aliphatic rings. The lowest BCUT2D eigenvalue weighted by atomic mass is 10.1. The average Bonchev–Trinajstić information content (AvgIpc) is 2.23. The van der Waals surface area contributed by atoms with E-state index in [1.165, 1.54) is 0 Å². The maximum atomic E-state index is 11.8. The van der Waals surface area contributed by atoms with Gasteiger partial charge in [0.15, 0.2) is 0 Å². The van der Waals surface area contributed by atoms with Crippen molar-refractivity contribution >= 4 is 23.2 Å². The largest absolute Gasteiger partial charge is 0.398 e. The summed E-state index contributed by atoms with van der Waals surface area (Å²) in [5, 5.41) is 3.35. The summed E-state index contributed by atoms with van der Waals surface area (Å²) >= 11 is 5.89. The average molecular weight is 241 g/mol. The molecule has 0 saturated carbocycles. The summed E-state index contributed by atoms with van der Waals surface area (Å²) < 4.78 is 0. The third-order valence-electron chi connectivity index (χ3n) is 2.41. The number of nitrogens with one attached hydrogen (secondary N) is 1. The van der Waals surface area contributed by atoms with Crippen molar-refractivity contribution in [2.24, 2.45) is 0 Å². The van der Waals surface area contributed by atoms with Crippen molar-refractivity contribution in [3.8, 4) is 0 Å². The van der Waals surface area contributed by atoms with Gasteiger partial charge in [-0.2, -0.15) is 0 Å². The highest BCUT2D eigenvalue weighted by molar-refractivity contribution is 6.31. The van der Waals surface area contributed by atoms with Gasteiger partial charge in [-0.15, -0.1) is 0 Å². The zero-order valence-corrected chi connectivity index (χ0v) is 10.4. The Morgan fingerprint density at radius 3 is 2.81 bits per heavy atom. The number of benzene rings is 1. The predicted octanol–water partition coefficient (Wildman–Crippen LogP) is 2.76. The Hall–Kier alpha value is -1.22. The number of hydrogen-bond acceptors (Lipinski definition) is 2. The van der Waals surface area contributed by atoms with Crippen LogP contribution >= 0.6 is 11.6 Å². The summed E-state index contributed by atoms with van der Waals surface area (Å²) in [6.45, 7) is 4.58. The van der Waals surface area contributed by atoms with Gasteiger partial charge in [-0.1, -0.05) is 24.9 Å². The van der Waals surface area contributed by atoms with Gasteiger partial charge in [0.25, 0.3) is 5.91 Å². The van der Waals surface area contributed by atoms with E-state index < -0.39 is 0 Å². The van der Waals surface area contributed by atoms with E-state index in [4.69, 9.17) is 17.3 Å². The number of carbonyl (C=O) groups is 1. The fraction of sp³-hybridized carbons (Fsp3) is 0.417. The van der Waals surface area contributed by atoms with Crippen molar-refractivity contribution in [2.75, 3.05) is 12.3 Å². The molecule has 0 bridgehead atoms. The van der Waals surface area contributed by atoms with Gasteiger partial charge in [0, 0.05) is 17.3 Å². The third-order valence-corrected chi connectivity index (χ3v) is 2.63. The number of carbonyl (C=O) groups excluding carboxylic acids is 1. The first-order chi connectivity index (χ1) is 7.56. The van der Waals surface area contributed by atoms with Crippen molar-refractivity contribution in [1.82, 2.24) is 5.32 Å². The highest BCUT2D eigenvalue weighted by Crippen LogP contribution is 2.22. The predicted molar refractivity (Wildman–Crippen MR) is 67.8 cm³/mol. The number of rotatable bonds is 4. The molecule has 0 fully saturated rings. The molecule has 1 aromatic carbocycles. The van der Waals surface area contributed by atoms with Crippen LogP contribution in [0.5, 0.6) is 0 Å². The van der Waals surface area contributed by atoms with Crippen molar-refractivity contribution in [1.29, 1.82) is 0 Å². The Kier molecular flexibility index (Phi) is 4.62. The molecule has 0 saturated heterocycles. The molecule has 88 valence electrons. The van der Waals surface area contributed by atoms with Gasteiger partial charge in [-0.3, -0.25) is 4.79 Å². The van der Waals surface area contributed by atoms with Crippen LogP contribution < -0.4 is 11.1 Å². The monoisotopic (exact) mass is 240 g/mol. The summed E-state index contributed by atoms with van der Waals surface area (Å²) in [4.78, 5) is 11.8. The number of hydrogen-bond donors (Lipinski definition) is 2. The van der Waals surface area contributed by atoms with Crippen LogP contribution in [0.3, 0.4) is 0 Å². The molecule has 16 heavy (non-hydrogen) atoms. The van der Waals surface area contributed by atoms with E-state index in [-0.39, 0.29) is 5.91 Å². The second-order valence-corrected chi connectivity index (χ2v) is 4.23. The number of anilines is 1. The number of nitrogen functional groups attached to an aromatic ring is 1. The minimum atomic E-state index is -0.156. The van der Waals surface area contributed by atoms with Gasteiger partial charge in [-0.25, -0.2) is 0 Å². The molecule has 1 amide bonds. The van der Waals surface area contributed by atoms with E-state index in [1.807, 2.05) is 6.92 Å². The Bertz CT molecular complexity index is 391. The van der Waals surface area contributed by atoms with Crippen LogP contribution in [0.25, 0.3) is 0 Å². The maximum Gasteiger partial charge on any atom is 0.253 e. The van der Waals surface area contributed by atoms with Crippen LogP contribution in [-0.2, 0) is 0 Å². The summed E-state index contributed by atoms with van der Waals surface area (Å²) in [7, 11) is 0. The van der Waals surface area contributed by atoms with Gasteiger partial charge in [0.1, 0.15) is 0 Å². The van der Waals surface area contributed by atoms with E-state index in [2.05, 4.69) is 12.2 Å². The van der Waals surface area contributed by atoms with Crippen LogP contribution in [0, 0.1) is 6.92 Å². The third kappa shape index (κ3) is 3.14. The first-order valence-electron chi connectivity index (χ1n) is 5.40. The minimum absolute atomic E-state index is 0.156. The normalized spacial score (nSPS) is 10.2. The van der Waals surface area contributed by atoms with Crippen LogP contribution in [0.4, 0.5) is 5.69 Å². The Balaban J connectivity index is 2.82. The second kappa shape index (κ2) is 5.75. The van der Waals surface area contributed by atoms with E-state index in [0.29, 0.717) is 22.8 Å². The topological polar surface area (TPSA) is 55.1 Å². The molecule has 0 aromatic heterocycles. The van der Waals surface area contributed by atoms with E-state index >= 15 is 0 Å². The highest BCUT2D eigenvalue weighted by Gasteiger charge is 2.11. The fourth-order valence-corrected chi connectivity index (χ4v) is 1.69. The molecule has 4 heteroatoms. The Morgan fingerprint density at radius 2 is 2.19 bits per heavy atom. The number of amides is 1. The number of halogens is 1. The molecule has 0 atom stereocenters. The van der Waals surface area contributed by atoms with Crippen molar-refractivity contribution in [3.63, 3.8) is 0 Å². The highest BCUT2D eigenvalue weighted by atomic mass is 35.5. The summed E-state index contributed by atoms with van der Waals surface area (Å²) in [5.74, 6) is -0.156. The maximum absolute atomic E-state index is 11.8. The molecular weight excluding hydrogens is 224 g/mol. The Labute approximate surface area is 101 Å². The van der Waals surface area contributed by atoms with Gasteiger partial charge in [0.05, 0.1) is 5.56 Å². The quantitative estimate of drug-likeness (QED) is 0.628. The summed E-state index contributed by atoms with van der Waals surface area (Å²) in [6.07, 6.45) is 2.01. The minimum Gasteiger partial charge on any atom is -0.398 e. The molecule has 0 aliphatic heterocycles. The molecule has 0 unspecified atom stereocenters. The van der Waals surface area contributed by atoms with Gasteiger partial charge >= 0.3 is 0 Å². The molecule has 0 aliphatic carbocycles. The van der Waals surface area contributed by atoms with Crippen LogP contribution in [0.2, 0.25) is 5.02 Å². The van der Waals surface area contributed by atoms with Gasteiger partial charge in [-0.05, 0) is 31.0 Å². The lowest BCUT2D eigenvalue weighted by Crippen LogP contribution is -2.25. The fourth-order valence-electron chi connectivity index (χ4n) is 1.42. The lowest BCUT2D eigenvalue weighted by molar-refractivity contribution is 0.0954. The molecule has 3 N–H and O–H groups in total. The molecule has 0 heterocycles.